The fourth-order valence-electron chi connectivity index (χ4n) is 1.07. The molecule has 1 aliphatic rings. The van der Waals surface area contributed by atoms with Crippen LogP contribution in [0.3, 0.4) is 0 Å². The largest absolute Gasteiger partial charge is 0.379 e. The zero-order chi connectivity index (χ0) is 7.23. The van der Waals surface area contributed by atoms with Crippen molar-refractivity contribution in [1.82, 2.24) is 0 Å². The average Bonchev–Trinajstić information content (AvgIpc) is 2.17. The van der Waals surface area contributed by atoms with Gasteiger partial charge in [0.1, 0.15) is 0 Å². The van der Waals surface area contributed by atoms with Crippen LogP contribution in [0.2, 0.25) is 0 Å². The zero-order valence-electron chi connectivity index (χ0n) is 6.21. The van der Waals surface area contributed by atoms with Crippen LogP contribution in [-0.4, -0.2) is 33.0 Å². The van der Waals surface area contributed by atoms with Gasteiger partial charge in [0.25, 0.3) is 0 Å². The Kier molecular flexibility index (Phi) is 3.72. The highest BCUT2D eigenvalue weighted by molar-refractivity contribution is 4.59. The van der Waals surface area contributed by atoms with Crippen LogP contribution in [0.25, 0.3) is 0 Å². The Labute approximate surface area is 61.5 Å². The second-order valence-electron chi connectivity index (χ2n) is 2.59. The summed E-state index contributed by atoms with van der Waals surface area (Å²) in [4.78, 5) is 0. The average molecular weight is 145 g/mol. The van der Waals surface area contributed by atoms with E-state index in [0.717, 1.165) is 39.4 Å². The molecule has 2 N–H and O–H groups in total. The summed E-state index contributed by atoms with van der Waals surface area (Å²) in [5.41, 5.74) is 5.40. The second-order valence-corrected chi connectivity index (χ2v) is 2.59. The first-order valence-corrected chi connectivity index (χ1v) is 3.79. The molecule has 0 bridgehead atoms. The van der Waals surface area contributed by atoms with E-state index in [2.05, 4.69) is 0 Å². The molecule has 0 aromatic rings. The second kappa shape index (κ2) is 4.66. The number of nitrogens with two attached hydrogens (primary N) is 1. The molecule has 10 heavy (non-hydrogen) atoms. The molecular weight excluding hydrogens is 130 g/mol. The summed E-state index contributed by atoms with van der Waals surface area (Å²) in [6.07, 6.45) is 1.01. The topological polar surface area (TPSA) is 44.5 Å². The highest BCUT2D eigenvalue weighted by Crippen LogP contribution is 2.06. The summed E-state index contributed by atoms with van der Waals surface area (Å²) in [7, 11) is 0. The Balaban J connectivity index is 2.15. The summed E-state index contributed by atoms with van der Waals surface area (Å²) < 4.78 is 10.6. The van der Waals surface area contributed by atoms with Crippen LogP contribution >= 0.6 is 0 Å². The number of ether oxygens (including phenoxy) is 2. The van der Waals surface area contributed by atoms with Gasteiger partial charge in [-0.15, -0.1) is 0 Å². The Morgan fingerprint density at radius 2 is 1.80 bits per heavy atom. The van der Waals surface area contributed by atoms with E-state index in [4.69, 9.17) is 15.2 Å². The minimum absolute atomic E-state index is 0.521. The molecule has 0 spiro atoms. The molecule has 0 atom stereocenters. The number of hydrogen-bond acceptors (Lipinski definition) is 3. The minimum atomic E-state index is 0.521. The normalized spacial score (nSPS) is 22.5. The summed E-state index contributed by atoms with van der Waals surface area (Å²) in [6.45, 7) is 3.84. The van der Waals surface area contributed by atoms with Gasteiger partial charge in [0.05, 0.1) is 26.4 Å². The van der Waals surface area contributed by atoms with Crippen molar-refractivity contribution in [3.8, 4) is 0 Å². The standard InChI is InChI=1S/C7H15NO2/c8-2-1-7-5-9-3-4-10-6-7/h7H,1-6,8H2. The van der Waals surface area contributed by atoms with E-state index in [1.54, 1.807) is 0 Å². The third-order valence-corrected chi connectivity index (χ3v) is 1.65. The molecule has 0 amide bonds. The molecule has 0 unspecified atom stereocenters. The van der Waals surface area contributed by atoms with Crippen LogP contribution in [0.1, 0.15) is 6.42 Å². The molecule has 1 rings (SSSR count). The van der Waals surface area contributed by atoms with E-state index in [-0.39, 0.29) is 0 Å². The van der Waals surface area contributed by atoms with E-state index < -0.39 is 0 Å². The quantitative estimate of drug-likeness (QED) is 0.594. The summed E-state index contributed by atoms with van der Waals surface area (Å²) in [5, 5.41) is 0. The molecule has 3 nitrogen and oxygen atoms in total. The SMILES string of the molecule is NCCC1COCCOC1. The smallest absolute Gasteiger partial charge is 0.0700 e. The predicted molar refractivity (Wildman–Crippen MR) is 38.8 cm³/mol. The van der Waals surface area contributed by atoms with Crippen LogP contribution < -0.4 is 5.73 Å². The Bertz CT molecular complexity index is 79.7. The summed E-state index contributed by atoms with van der Waals surface area (Å²) in [6, 6.07) is 0. The lowest BCUT2D eigenvalue weighted by atomic mass is 10.1. The fraction of sp³-hybridized carbons (Fsp3) is 1.00. The molecule has 1 heterocycles. The van der Waals surface area contributed by atoms with Gasteiger partial charge in [-0.25, -0.2) is 0 Å². The maximum Gasteiger partial charge on any atom is 0.0700 e. The lowest BCUT2D eigenvalue weighted by Gasteiger charge is -2.10. The lowest BCUT2D eigenvalue weighted by molar-refractivity contribution is 0.103. The number of hydrogen-bond donors (Lipinski definition) is 1. The van der Waals surface area contributed by atoms with E-state index in [9.17, 15) is 0 Å². The first-order chi connectivity index (χ1) is 4.93. The minimum Gasteiger partial charge on any atom is -0.379 e. The summed E-state index contributed by atoms with van der Waals surface area (Å²) >= 11 is 0. The van der Waals surface area contributed by atoms with Crippen LogP contribution in [0, 0.1) is 5.92 Å². The Morgan fingerprint density at radius 3 is 2.30 bits per heavy atom. The van der Waals surface area contributed by atoms with Crippen molar-refractivity contribution in [2.45, 2.75) is 6.42 Å². The van der Waals surface area contributed by atoms with Crippen LogP contribution in [-0.2, 0) is 9.47 Å². The van der Waals surface area contributed by atoms with Crippen molar-refractivity contribution in [3.05, 3.63) is 0 Å². The van der Waals surface area contributed by atoms with Gasteiger partial charge in [-0.2, -0.15) is 0 Å². The third kappa shape index (κ3) is 2.64. The van der Waals surface area contributed by atoms with E-state index in [1.165, 1.54) is 0 Å². The van der Waals surface area contributed by atoms with Crippen molar-refractivity contribution in [2.75, 3.05) is 33.0 Å². The van der Waals surface area contributed by atoms with Crippen molar-refractivity contribution in [2.24, 2.45) is 11.7 Å². The zero-order valence-corrected chi connectivity index (χ0v) is 6.21. The first kappa shape index (κ1) is 7.98. The molecule has 1 fully saturated rings. The Hall–Kier alpha value is -0.120. The van der Waals surface area contributed by atoms with E-state index >= 15 is 0 Å². The molecule has 0 aromatic carbocycles. The molecule has 0 saturated carbocycles. The maximum atomic E-state index is 5.40. The van der Waals surface area contributed by atoms with Crippen molar-refractivity contribution < 1.29 is 9.47 Å². The molecule has 0 aromatic heterocycles. The maximum absolute atomic E-state index is 5.40. The van der Waals surface area contributed by atoms with Gasteiger partial charge in [0, 0.05) is 5.92 Å². The van der Waals surface area contributed by atoms with Crippen LogP contribution in [0.15, 0.2) is 0 Å². The van der Waals surface area contributed by atoms with E-state index in [0.29, 0.717) is 5.92 Å². The van der Waals surface area contributed by atoms with Crippen molar-refractivity contribution in [3.63, 3.8) is 0 Å². The molecule has 60 valence electrons. The van der Waals surface area contributed by atoms with Gasteiger partial charge in [0.15, 0.2) is 0 Å². The molecule has 0 aliphatic carbocycles. The lowest BCUT2D eigenvalue weighted by Crippen LogP contribution is -2.16. The van der Waals surface area contributed by atoms with Crippen molar-refractivity contribution in [1.29, 1.82) is 0 Å². The number of rotatable bonds is 2. The van der Waals surface area contributed by atoms with Gasteiger partial charge < -0.3 is 15.2 Å². The van der Waals surface area contributed by atoms with Gasteiger partial charge in [-0.3, -0.25) is 0 Å². The van der Waals surface area contributed by atoms with E-state index in [1.807, 2.05) is 0 Å². The van der Waals surface area contributed by atoms with Crippen molar-refractivity contribution >= 4 is 0 Å². The highest BCUT2D eigenvalue weighted by Gasteiger charge is 2.11. The van der Waals surface area contributed by atoms with Crippen LogP contribution in [0.5, 0.6) is 0 Å². The summed E-state index contributed by atoms with van der Waals surface area (Å²) in [5.74, 6) is 0.521. The monoisotopic (exact) mass is 145 g/mol. The molecule has 1 saturated heterocycles. The van der Waals surface area contributed by atoms with Gasteiger partial charge in [-0.1, -0.05) is 0 Å². The van der Waals surface area contributed by atoms with Crippen LogP contribution in [0.4, 0.5) is 0 Å². The molecule has 0 radical (unpaired) electrons. The fourth-order valence-corrected chi connectivity index (χ4v) is 1.07. The molecule has 1 aliphatic heterocycles. The Morgan fingerprint density at radius 1 is 1.20 bits per heavy atom. The van der Waals surface area contributed by atoms with Gasteiger partial charge >= 0.3 is 0 Å². The van der Waals surface area contributed by atoms with Gasteiger partial charge in [-0.05, 0) is 13.0 Å². The predicted octanol–water partition coefficient (Wildman–Crippen LogP) is -0.00180. The first-order valence-electron chi connectivity index (χ1n) is 3.79. The molecule has 3 heteroatoms. The third-order valence-electron chi connectivity index (χ3n) is 1.65. The highest BCUT2D eigenvalue weighted by atomic mass is 16.5. The van der Waals surface area contributed by atoms with Gasteiger partial charge in [0.2, 0.25) is 0 Å². The molecular formula is C7H15NO2.